The predicted octanol–water partition coefficient (Wildman–Crippen LogP) is 4.33. The Bertz CT molecular complexity index is 1530. The Morgan fingerprint density at radius 3 is 2.74 bits per heavy atom. The molecule has 2 aromatic carbocycles. The van der Waals surface area contributed by atoms with Crippen LogP contribution in [0.4, 0.5) is 17.5 Å². The van der Waals surface area contributed by atoms with Gasteiger partial charge in [-0.15, -0.1) is 0 Å². The summed E-state index contributed by atoms with van der Waals surface area (Å²) in [6.07, 6.45) is 4.96. The monoisotopic (exact) mass is 488 g/mol. The Kier molecular flexibility index (Phi) is 5.51. The second-order valence-corrected chi connectivity index (χ2v) is 8.51. The van der Waals surface area contributed by atoms with E-state index in [1.54, 1.807) is 18.6 Å². The first-order valence-electron chi connectivity index (χ1n) is 11.1. The zero-order chi connectivity index (χ0) is 23.8. The van der Waals surface area contributed by atoms with Crippen molar-refractivity contribution in [3.8, 4) is 11.5 Å². The minimum Gasteiger partial charge on any atom is -0.456 e. The van der Waals surface area contributed by atoms with E-state index in [0.717, 1.165) is 29.8 Å². The van der Waals surface area contributed by atoms with Crippen molar-refractivity contribution in [1.82, 2.24) is 29.5 Å². The number of fused-ring (bicyclic) bond motifs is 2. The van der Waals surface area contributed by atoms with Crippen LogP contribution in [0.15, 0.2) is 55.2 Å². The average molecular weight is 489 g/mol. The molecule has 0 spiro atoms. The van der Waals surface area contributed by atoms with E-state index in [9.17, 15) is 0 Å². The summed E-state index contributed by atoms with van der Waals surface area (Å²) in [6, 6.07) is 11.2. The largest absolute Gasteiger partial charge is 0.456 e. The molecule has 0 saturated carbocycles. The summed E-state index contributed by atoms with van der Waals surface area (Å²) in [6.45, 7) is 2.79. The van der Waals surface area contributed by atoms with Gasteiger partial charge in [0.25, 0.3) is 0 Å². The van der Waals surface area contributed by atoms with Crippen LogP contribution in [0.2, 0.25) is 5.02 Å². The number of hydrogen-bond donors (Lipinski definition) is 1. The molecule has 0 amide bonds. The number of nitrogens with zero attached hydrogens (tertiary/aromatic N) is 7. The number of rotatable bonds is 5. The van der Waals surface area contributed by atoms with E-state index in [1.165, 1.54) is 6.33 Å². The summed E-state index contributed by atoms with van der Waals surface area (Å²) in [7, 11) is 1.95. The molecule has 11 heteroatoms. The topological polar surface area (TPSA) is 103 Å². The van der Waals surface area contributed by atoms with E-state index >= 15 is 0 Å². The molecule has 1 aliphatic rings. The quantitative estimate of drug-likeness (QED) is 0.387. The van der Waals surface area contributed by atoms with Crippen LogP contribution in [0.1, 0.15) is 0 Å². The Morgan fingerprint density at radius 2 is 1.89 bits per heavy atom. The van der Waals surface area contributed by atoms with Crippen molar-refractivity contribution < 1.29 is 9.47 Å². The maximum absolute atomic E-state index is 6.55. The van der Waals surface area contributed by atoms with Gasteiger partial charge in [-0.1, -0.05) is 11.6 Å². The van der Waals surface area contributed by atoms with Crippen molar-refractivity contribution >= 4 is 51.1 Å². The summed E-state index contributed by atoms with van der Waals surface area (Å²) in [5.74, 6) is 2.40. The van der Waals surface area contributed by atoms with Crippen LogP contribution in [0.3, 0.4) is 0 Å². The van der Waals surface area contributed by atoms with Crippen LogP contribution in [-0.2, 0) is 11.8 Å². The van der Waals surface area contributed by atoms with Gasteiger partial charge in [0.1, 0.15) is 28.9 Å². The van der Waals surface area contributed by atoms with Crippen LogP contribution in [0.5, 0.6) is 11.5 Å². The average Bonchev–Trinajstić information content (AvgIpc) is 3.26. The maximum Gasteiger partial charge on any atom is 0.226 e. The first-order valence-corrected chi connectivity index (χ1v) is 11.5. The molecule has 1 N–H and O–H groups in total. The van der Waals surface area contributed by atoms with Crippen LogP contribution >= 0.6 is 11.6 Å². The molecule has 5 aromatic rings. The van der Waals surface area contributed by atoms with Crippen molar-refractivity contribution in [3.63, 3.8) is 0 Å². The van der Waals surface area contributed by atoms with Crippen LogP contribution in [0.25, 0.3) is 22.1 Å². The van der Waals surface area contributed by atoms with Crippen molar-refractivity contribution in [3.05, 3.63) is 60.3 Å². The van der Waals surface area contributed by atoms with Gasteiger partial charge in [0, 0.05) is 31.9 Å². The lowest BCUT2D eigenvalue weighted by molar-refractivity contribution is 0.122. The normalized spacial score (nSPS) is 13.9. The van der Waals surface area contributed by atoms with Gasteiger partial charge in [-0.05, 0) is 30.3 Å². The van der Waals surface area contributed by atoms with E-state index in [0.29, 0.717) is 52.5 Å². The number of ether oxygens (including phenoxy) is 2. The van der Waals surface area contributed by atoms with Crippen LogP contribution < -0.4 is 15.0 Å². The van der Waals surface area contributed by atoms with Gasteiger partial charge in [-0.25, -0.2) is 24.9 Å². The molecule has 1 saturated heterocycles. The minimum absolute atomic E-state index is 0.457. The van der Waals surface area contributed by atoms with Crippen LogP contribution in [-0.4, -0.2) is 55.8 Å². The highest BCUT2D eigenvalue weighted by Gasteiger charge is 2.16. The second kappa shape index (κ2) is 8.97. The molecular weight excluding hydrogens is 468 g/mol. The van der Waals surface area contributed by atoms with Gasteiger partial charge >= 0.3 is 0 Å². The fourth-order valence-electron chi connectivity index (χ4n) is 3.96. The van der Waals surface area contributed by atoms with Gasteiger partial charge < -0.3 is 24.3 Å². The number of imidazole rings is 1. The molecule has 1 aliphatic heterocycles. The molecule has 0 bridgehead atoms. The first-order chi connectivity index (χ1) is 17.1. The number of morpholine rings is 1. The number of anilines is 3. The molecule has 4 heterocycles. The third-order valence-corrected chi connectivity index (χ3v) is 6.07. The molecule has 6 rings (SSSR count). The highest BCUT2D eigenvalue weighted by atomic mass is 35.5. The van der Waals surface area contributed by atoms with E-state index in [1.807, 2.05) is 41.9 Å². The van der Waals surface area contributed by atoms with Gasteiger partial charge in [0.15, 0.2) is 5.82 Å². The lowest BCUT2D eigenvalue weighted by Gasteiger charge is -2.26. The molecule has 0 unspecified atom stereocenters. The molecule has 1 fully saturated rings. The molecule has 0 radical (unpaired) electrons. The summed E-state index contributed by atoms with van der Waals surface area (Å²) in [5, 5.41) is 3.76. The number of benzene rings is 2. The molecular formula is C24H21ClN8O2. The van der Waals surface area contributed by atoms with Gasteiger partial charge in [0.2, 0.25) is 5.95 Å². The Hall–Kier alpha value is -4.02. The summed E-state index contributed by atoms with van der Waals surface area (Å²) in [4.78, 5) is 24.3. The van der Waals surface area contributed by atoms with Gasteiger partial charge in [-0.2, -0.15) is 0 Å². The molecule has 3 aromatic heterocycles. The minimum atomic E-state index is 0.457. The number of hydrogen-bond acceptors (Lipinski definition) is 9. The zero-order valence-electron chi connectivity index (χ0n) is 18.8. The molecule has 0 aliphatic carbocycles. The zero-order valence-corrected chi connectivity index (χ0v) is 19.6. The number of nitrogens with one attached hydrogen (secondary N) is 1. The van der Waals surface area contributed by atoms with Crippen molar-refractivity contribution in [2.75, 3.05) is 36.5 Å². The number of aryl methyl sites for hydroxylation is 1. The molecule has 10 nitrogen and oxygen atoms in total. The van der Waals surface area contributed by atoms with E-state index in [2.05, 4.69) is 30.2 Å². The number of halogens is 1. The lowest BCUT2D eigenvalue weighted by atomic mass is 10.2. The van der Waals surface area contributed by atoms with Crippen molar-refractivity contribution in [1.29, 1.82) is 0 Å². The fourth-order valence-corrected chi connectivity index (χ4v) is 4.18. The summed E-state index contributed by atoms with van der Waals surface area (Å²) in [5.41, 5.74) is 3.91. The van der Waals surface area contributed by atoms with Crippen molar-refractivity contribution in [2.45, 2.75) is 0 Å². The third kappa shape index (κ3) is 4.29. The summed E-state index contributed by atoms with van der Waals surface area (Å²) >= 11 is 6.55. The molecule has 0 atom stereocenters. The summed E-state index contributed by atoms with van der Waals surface area (Å²) < 4.78 is 13.4. The smallest absolute Gasteiger partial charge is 0.226 e. The highest BCUT2D eigenvalue weighted by molar-refractivity contribution is 6.32. The Labute approximate surface area is 205 Å². The fraction of sp³-hybridized carbons (Fsp3) is 0.208. The molecule has 35 heavy (non-hydrogen) atoms. The Morgan fingerprint density at radius 1 is 1.00 bits per heavy atom. The van der Waals surface area contributed by atoms with Gasteiger partial charge in [0.05, 0.1) is 41.8 Å². The van der Waals surface area contributed by atoms with Crippen LogP contribution in [0, 0.1) is 0 Å². The maximum atomic E-state index is 6.55. The van der Waals surface area contributed by atoms with Crippen molar-refractivity contribution in [2.24, 2.45) is 7.05 Å². The Balaban J connectivity index is 1.25. The standard InChI is InChI=1S/C24H21ClN8O2/c1-32-14-29-18-11-16(3-4-20(18)32)35-21-5-2-15(10-17(21)25)30-23-22-19(27-13-28-23)12-26-24(31-22)33-6-8-34-9-7-33/h2-5,10-14H,6-9H2,1H3,(H,27,28,30). The molecule has 176 valence electrons. The highest BCUT2D eigenvalue weighted by Crippen LogP contribution is 2.34. The lowest BCUT2D eigenvalue weighted by Crippen LogP contribution is -2.37. The SMILES string of the molecule is Cn1cnc2cc(Oc3ccc(Nc4ncnc5cnc(N6CCOCC6)nc45)cc3Cl)ccc21. The predicted molar refractivity (Wildman–Crippen MR) is 134 cm³/mol. The van der Waals surface area contributed by atoms with Gasteiger partial charge in [-0.3, -0.25) is 0 Å². The second-order valence-electron chi connectivity index (χ2n) is 8.10. The third-order valence-electron chi connectivity index (χ3n) is 5.78. The first kappa shape index (κ1) is 21.5. The van der Waals surface area contributed by atoms with E-state index in [-0.39, 0.29) is 0 Å². The van der Waals surface area contributed by atoms with E-state index < -0.39 is 0 Å². The number of aromatic nitrogens is 6. The van der Waals surface area contributed by atoms with E-state index in [4.69, 9.17) is 26.1 Å².